The Kier molecular flexibility index (Phi) is 1.94. The van der Waals surface area contributed by atoms with E-state index in [0.29, 0.717) is 0 Å². The van der Waals surface area contributed by atoms with Crippen molar-refractivity contribution in [3.63, 3.8) is 0 Å². The van der Waals surface area contributed by atoms with Crippen LogP contribution >= 0.6 is 0 Å². The molecule has 0 fully saturated rings. The van der Waals surface area contributed by atoms with E-state index in [1.807, 2.05) is 0 Å². The van der Waals surface area contributed by atoms with Gasteiger partial charge in [-0.3, -0.25) is 4.79 Å². The molecule has 1 amide bonds. The molecule has 0 spiro atoms. The lowest BCUT2D eigenvalue weighted by Crippen LogP contribution is -2.42. The Morgan fingerprint density at radius 3 is 2.25 bits per heavy atom. The Labute approximate surface area is 46.9 Å². The second-order valence-corrected chi connectivity index (χ2v) is 1.75. The van der Waals surface area contributed by atoms with E-state index in [9.17, 15) is 9.90 Å². The number of hydrogen-bond acceptors (Lipinski definition) is 2. The number of carbonyl (C=O) groups excluding carboxylic acids is 1. The predicted molar refractivity (Wildman–Crippen MR) is 25.4 cm³/mol. The number of rotatable bonds is 2. The molecular weight excluding hydrogens is 110 g/mol. The van der Waals surface area contributed by atoms with Gasteiger partial charge in [0.25, 0.3) is 5.91 Å². The number of aliphatic hydroxyl groups excluding tert-OH is 1. The molecule has 0 bridgehead atoms. The van der Waals surface area contributed by atoms with Crippen molar-refractivity contribution >= 4 is 5.91 Å². The van der Waals surface area contributed by atoms with Crippen LogP contribution in [0.25, 0.3) is 0 Å². The first-order valence-corrected chi connectivity index (χ1v) is 2.12. The summed E-state index contributed by atoms with van der Waals surface area (Å²) in [5.41, 5.74) is 2.56. The van der Waals surface area contributed by atoms with Crippen molar-refractivity contribution in [3.05, 3.63) is 0 Å². The summed E-state index contributed by atoms with van der Waals surface area (Å²) in [4.78, 5) is 10.0. The quantitative estimate of drug-likeness (QED) is 0.470. The number of aliphatic hydroxyl groups is 1. The van der Waals surface area contributed by atoms with Crippen LogP contribution < -0.4 is 5.73 Å². The Morgan fingerprint density at radius 2 is 2.25 bits per heavy atom. The van der Waals surface area contributed by atoms with Crippen molar-refractivity contribution in [2.24, 2.45) is 5.73 Å². The average molecular weight is 118 g/mol. The minimum absolute atomic E-state index is 0.748. The Bertz CT molecular complexity index is 99.5. The fourth-order valence-electron chi connectivity index (χ4n) is 0.0779. The Hall–Kier alpha value is -0.610. The van der Waals surface area contributed by atoms with Crippen LogP contribution in [-0.4, -0.2) is 23.2 Å². The highest BCUT2D eigenvalue weighted by atomic mass is 16.3. The maximum absolute atomic E-state index is 10.4. The maximum atomic E-state index is 10.4. The second-order valence-electron chi connectivity index (χ2n) is 1.75. The van der Waals surface area contributed by atoms with E-state index in [2.05, 4.69) is 5.73 Å². The fraction of sp³-hybridized carbons (Fsp3) is 0.750. The van der Waals surface area contributed by atoms with Gasteiger partial charge in [-0.1, -0.05) is 0 Å². The minimum Gasteiger partial charge on any atom is -0.393 e. The fourth-order valence-corrected chi connectivity index (χ4v) is 0.0779. The summed E-state index contributed by atoms with van der Waals surface area (Å²) < 4.78 is 0. The van der Waals surface area contributed by atoms with Crippen LogP contribution in [0.5, 0.6) is 0 Å². The normalized spacial score (nSPS) is 17.4. The second kappa shape index (κ2) is 2.11. The zero-order valence-electron chi connectivity index (χ0n) is 4.55. The predicted octanol–water partition coefficient (Wildman–Crippen LogP) is -1.35. The van der Waals surface area contributed by atoms with Crippen molar-refractivity contribution < 1.29 is 15.0 Å². The van der Waals surface area contributed by atoms with E-state index in [1.165, 1.54) is 0 Å². The average Bonchev–Trinajstić information content (AvgIpc) is 1.67. The van der Waals surface area contributed by atoms with Gasteiger partial charge < -0.3 is 10.8 Å². The lowest BCUT2D eigenvalue weighted by molar-refractivity contribution is -0.146. The smallest absolute Gasteiger partial charge is 0.255 e. The molecule has 1 atom stereocenters. The molecule has 0 aliphatic rings. The minimum atomic E-state index is -2.01. The summed E-state index contributed by atoms with van der Waals surface area (Å²) in [5, 5.41) is 18.6. The van der Waals surface area contributed by atoms with E-state index in [-0.39, 0.29) is 0 Å². The molecule has 1 radical (unpaired) electrons. The highest BCUT2D eigenvalue weighted by Gasteiger charge is 2.28. The molecule has 0 unspecified atom stereocenters. The highest BCUT2D eigenvalue weighted by Crippen LogP contribution is 1.98. The third kappa shape index (κ3) is 1.48. The van der Waals surface area contributed by atoms with Crippen molar-refractivity contribution in [1.82, 2.24) is 0 Å². The molecule has 0 aromatic heterocycles. The van der Waals surface area contributed by atoms with Crippen LogP contribution in [0.1, 0.15) is 6.92 Å². The number of hydrogen-bond donors (Lipinski definition) is 2. The first kappa shape index (κ1) is 7.39. The van der Waals surface area contributed by atoms with Gasteiger partial charge in [-0.15, -0.1) is 0 Å². The van der Waals surface area contributed by atoms with Gasteiger partial charge in [0.2, 0.25) is 5.60 Å². The zero-order valence-corrected chi connectivity index (χ0v) is 4.55. The summed E-state index contributed by atoms with van der Waals surface area (Å²) >= 11 is 0. The summed E-state index contributed by atoms with van der Waals surface area (Å²) in [5.74, 6) is -1.03. The van der Waals surface area contributed by atoms with Gasteiger partial charge in [0, 0.05) is 0 Å². The number of carbonyl (C=O) groups is 1. The third-order valence-electron chi connectivity index (χ3n) is 0.823. The lowest BCUT2D eigenvalue weighted by Gasteiger charge is -2.10. The lowest BCUT2D eigenvalue weighted by atomic mass is 10.1. The largest absolute Gasteiger partial charge is 0.393 e. The topological polar surface area (TPSA) is 83.2 Å². The van der Waals surface area contributed by atoms with Crippen LogP contribution in [0.15, 0.2) is 0 Å². The molecule has 0 heterocycles. The van der Waals surface area contributed by atoms with Gasteiger partial charge in [-0.2, -0.15) is 0 Å². The van der Waals surface area contributed by atoms with Crippen molar-refractivity contribution in [3.8, 4) is 0 Å². The first-order chi connectivity index (χ1) is 3.50. The first-order valence-electron chi connectivity index (χ1n) is 2.12. The van der Waals surface area contributed by atoms with Crippen LogP contribution in [0.4, 0.5) is 0 Å². The number of primary amides is 1. The SMILES string of the molecule is C[C@]([O])(CO)C(N)=O. The van der Waals surface area contributed by atoms with E-state index in [1.54, 1.807) is 0 Å². The number of nitrogens with two attached hydrogens (primary N) is 1. The molecule has 47 valence electrons. The van der Waals surface area contributed by atoms with Crippen LogP contribution in [0.2, 0.25) is 0 Å². The molecule has 0 aromatic carbocycles. The van der Waals surface area contributed by atoms with Gasteiger partial charge in [0.1, 0.15) is 0 Å². The molecule has 8 heavy (non-hydrogen) atoms. The van der Waals surface area contributed by atoms with Gasteiger partial charge in [-0.05, 0) is 6.92 Å². The van der Waals surface area contributed by atoms with Gasteiger partial charge in [0.15, 0.2) is 0 Å². The standard InChI is InChI=1S/C4H8NO3/c1-4(8,2-6)3(5)7/h6H,2H2,1H3,(H2,5,7)/t4-/m0/s1. The molecule has 0 aliphatic heterocycles. The highest BCUT2D eigenvalue weighted by molar-refractivity contribution is 5.82. The molecule has 0 aromatic rings. The summed E-state index contributed by atoms with van der Waals surface area (Å²) in [6.07, 6.45) is 0. The van der Waals surface area contributed by atoms with Crippen molar-refractivity contribution in [1.29, 1.82) is 0 Å². The molecule has 4 heteroatoms. The van der Waals surface area contributed by atoms with Crippen LogP contribution in [0.3, 0.4) is 0 Å². The van der Waals surface area contributed by atoms with E-state index >= 15 is 0 Å². The van der Waals surface area contributed by atoms with E-state index < -0.39 is 18.1 Å². The summed E-state index contributed by atoms with van der Waals surface area (Å²) in [7, 11) is 0. The Morgan fingerprint density at radius 1 is 1.88 bits per heavy atom. The molecular formula is C4H8NO3. The Balaban J connectivity index is 3.91. The van der Waals surface area contributed by atoms with Crippen molar-refractivity contribution in [2.75, 3.05) is 6.61 Å². The van der Waals surface area contributed by atoms with Crippen LogP contribution in [-0.2, 0) is 9.90 Å². The summed E-state index contributed by atoms with van der Waals surface area (Å²) in [6.45, 7) is 0.289. The van der Waals surface area contributed by atoms with Gasteiger partial charge >= 0.3 is 0 Å². The van der Waals surface area contributed by atoms with Gasteiger partial charge in [-0.25, -0.2) is 5.11 Å². The van der Waals surface area contributed by atoms with E-state index in [4.69, 9.17) is 5.11 Å². The molecule has 0 saturated heterocycles. The van der Waals surface area contributed by atoms with Crippen molar-refractivity contribution in [2.45, 2.75) is 12.5 Å². The van der Waals surface area contributed by atoms with Crippen LogP contribution in [0, 0.1) is 0 Å². The molecule has 0 aliphatic carbocycles. The zero-order chi connectivity index (χ0) is 6.78. The molecule has 0 saturated carbocycles. The summed E-state index contributed by atoms with van der Waals surface area (Å²) in [6, 6.07) is 0. The molecule has 0 rings (SSSR count). The molecule has 4 nitrogen and oxygen atoms in total. The third-order valence-corrected chi connectivity index (χ3v) is 0.823. The molecule has 3 N–H and O–H groups in total. The van der Waals surface area contributed by atoms with Gasteiger partial charge in [0.05, 0.1) is 6.61 Å². The maximum Gasteiger partial charge on any atom is 0.255 e. The van der Waals surface area contributed by atoms with E-state index in [0.717, 1.165) is 6.92 Å². The number of amides is 1. The monoisotopic (exact) mass is 118 g/mol.